The number of halogens is 1. The molecule has 21 heavy (non-hydrogen) atoms. The lowest BCUT2D eigenvalue weighted by molar-refractivity contribution is 0.970. The van der Waals surface area contributed by atoms with E-state index in [1.54, 1.807) is 11.3 Å². The molecule has 0 amide bonds. The molecule has 0 saturated carbocycles. The zero-order valence-electron chi connectivity index (χ0n) is 11.6. The van der Waals surface area contributed by atoms with Gasteiger partial charge in [0, 0.05) is 24.4 Å². The molecule has 0 spiro atoms. The third-order valence-corrected chi connectivity index (χ3v) is 6.18. The van der Waals surface area contributed by atoms with Crippen molar-refractivity contribution >= 4 is 61.4 Å². The number of fused-ring (bicyclic) bond motifs is 1. The molecule has 0 atom stereocenters. The smallest absolute Gasteiger partial charge is 0.224 e. The predicted molar refractivity (Wildman–Crippen MR) is 90.2 cm³/mol. The summed E-state index contributed by atoms with van der Waals surface area (Å²) in [5, 5.41) is 11.3. The van der Waals surface area contributed by atoms with E-state index in [-0.39, 0.29) is 5.28 Å². The molecule has 0 bridgehead atoms. The van der Waals surface area contributed by atoms with Gasteiger partial charge in [0.1, 0.15) is 9.86 Å². The lowest BCUT2D eigenvalue weighted by atomic mass is 10.3. The molecule has 3 rings (SSSR count). The van der Waals surface area contributed by atoms with Crippen LogP contribution >= 0.6 is 46.0 Å². The van der Waals surface area contributed by atoms with Crippen molar-refractivity contribution < 1.29 is 0 Å². The van der Waals surface area contributed by atoms with Crippen molar-refractivity contribution in [2.75, 3.05) is 19.0 Å². The molecule has 0 aliphatic carbocycles. The molecule has 5 nitrogen and oxygen atoms in total. The van der Waals surface area contributed by atoms with Crippen LogP contribution in [0.3, 0.4) is 0 Å². The number of thiophene rings is 1. The Hall–Kier alpha value is -0.960. The second-order valence-electron chi connectivity index (χ2n) is 4.43. The highest BCUT2D eigenvalue weighted by molar-refractivity contribution is 8.01. The van der Waals surface area contributed by atoms with Crippen LogP contribution in [0.1, 0.15) is 11.8 Å². The summed E-state index contributed by atoms with van der Waals surface area (Å²) in [7, 11) is 3.89. The molecule has 0 aliphatic rings. The quantitative estimate of drug-likeness (QED) is 0.520. The Morgan fingerprint density at radius 2 is 2.05 bits per heavy atom. The van der Waals surface area contributed by atoms with E-state index in [9.17, 15) is 0 Å². The van der Waals surface area contributed by atoms with Crippen LogP contribution in [-0.2, 0) is 6.42 Å². The highest BCUT2D eigenvalue weighted by Gasteiger charge is 2.14. The van der Waals surface area contributed by atoms with Gasteiger partial charge >= 0.3 is 0 Å². The summed E-state index contributed by atoms with van der Waals surface area (Å²) >= 11 is 10.7. The fourth-order valence-electron chi connectivity index (χ4n) is 1.68. The third kappa shape index (κ3) is 3.13. The Morgan fingerprint density at radius 1 is 1.24 bits per heavy atom. The monoisotopic (exact) mass is 357 g/mol. The van der Waals surface area contributed by atoms with Gasteiger partial charge in [-0.15, -0.1) is 21.5 Å². The van der Waals surface area contributed by atoms with Crippen LogP contribution in [-0.4, -0.2) is 34.3 Å². The van der Waals surface area contributed by atoms with Crippen molar-refractivity contribution in [3.63, 3.8) is 0 Å². The molecule has 0 N–H and O–H groups in total. The van der Waals surface area contributed by atoms with E-state index < -0.39 is 0 Å². The molecule has 0 aromatic carbocycles. The third-order valence-electron chi connectivity index (χ3n) is 2.69. The van der Waals surface area contributed by atoms with Crippen LogP contribution in [0.4, 0.5) is 5.13 Å². The van der Waals surface area contributed by atoms with Gasteiger partial charge in [-0.1, -0.05) is 18.3 Å². The highest BCUT2D eigenvalue weighted by atomic mass is 35.5. The second kappa shape index (κ2) is 6.04. The van der Waals surface area contributed by atoms with Crippen LogP contribution in [0.15, 0.2) is 15.4 Å². The number of aromatic nitrogens is 4. The summed E-state index contributed by atoms with van der Waals surface area (Å²) in [6.07, 6.45) is 0.979. The van der Waals surface area contributed by atoms with Gasteiger partial charge in [0.15, 0.2) is 4.34 Å². The summed E-state index contributed by atoms with van der Waals surface area (Å²) in [6.45, 7) is 2.13. The largest absolute Gasteiger partial charge is 0.353 e. The van der Waals surface area contributed by atoms with Gasteiger partial charge in [0.2, 0.25) is 10.4 Å². The van der Waals surface area contributed by atoms with E-state index in [0.717, 1.165) is 31.1 Å². The molecule has 3 aromatic rings. The van der Waals surface area contributed by atoms with E-state index in [2.05, 4.69) is 33.2 Å². The molecule has 0 radical (unpaired) electrons. The Kier molecular flexibility index (Phi) is 4.30. The highest BCUT2D eigenvalue weighted by Crippen LogP contribution is 2.38. The summed E-state index contributed by atoms with van der Waals surface area (Å²) in [5.41, 5.74) is 0. The zero-order valence-corrected chi connectivity index (χ0v) is 14.8. The maximum atomic E-state index is 6.03. The number of rotatable bonds is 4. The zero-order chi connectivity index (χ0) is 15.0. The first-order valence-corrected chi connectivity index (χ1v) is 9.04. The number of hydrogen-bond acceptors (Lipinski definition) is 8. The minimum atomic E-state index is 0.270. The standard InChI is InChI=1S/C12H12ClN5S3/c1-4-6-5-7-8(19-6)14-10(13)15-9(7)20-12-17-16-11(21-12)18(2)3/h5H,4H2,1-3H3. The average molecular weight is 358 g/mol. The van der Waals surface area contributed by atoms with Crippen LogP contribution in [0.25, 0.3) is 10.2 Å². The van der Waals surface area contributed by atoms with Gasteiger partial charge in [-0.25, -0.2) is 9.97 Å². The average Bonchev–Trinajstić information content (AvgIpc) is 3.04. The van der Waals surface area contributed by atoms with Crippen LogP contribution in [0, 0.1) is 0 Å². The molecule has 0 unspecified atom stereocenters. The van der Waals surface area contributed by atoms with Crippen molar-refractivity contribution in [2.24, 2.45) is 0 Å². The molecule has 0 fully saturated rings. The lowest BCUT2D eigenvalue weighted by Gasteiger charge is -2.03. The van der Waals surface area contributed by atoms with Crippen LogP contribution in [0.5, 0.6) is 0 Å². The van der Waals surface area contributed by atoms with E-state index in [1.165, 1.54) is 28.0 Å². The summed E-state index contributed by atoms with van der Waals surface area (Å²) in [4.78, 5) is 12.8. The normalized spacial score (nSPS) is 11.2. The first-order chi connectivity index (χ1) is 10.1. The fraction of sp³-hybridized carbons (Fsp3) is 0.333. The number of nitrogens with zero attached hydrogens (tertiary/aromatic N) is 5. The predicted octanol–water partition coefficient (Wildman–Crippen LogP) is 3.98. The van der Waals surface area contributed by atoms with Crippen molar-refractivity contribution in [2.45, 2.75) is 22.7 Å². The van der Waals surface area contributed by atoms with Gasteiger partial charge in [-0.2, -0.15) is 0 Å². The number of hydrogen-bond donors (Lipinski definition) is 0. The van der Waals surface area contributed by atoms with E-state index in [4.69, 9.17) is 11.6 Å². The van der Waals surface area contributed by atoms with Gasteiger partial charge in [-0.05, 0) is 35.9 Å². The minimum absolute atomic E-state index is 0.270. The lowest BCUT2D eigenvalue weighted by Crippen LogP contribution is -2.07. The van der Waals surface area contributed by atoms with Gasteiger partial charge in [-0.3, -0.25) is 0 Å². The number of anilines is 1. The first-order valence-electron chi connectivity index (χ1n) is 6.21. The van der Waals surface area contributed by atoms with Gasteiger partial charge in [0.05, 0.1) is 0 Å². The number of aryl methyl sites for hydroxylation is 1. The Balaban J connectivity index is 2.00. The molecular formula is C12H12ClN5S3. The molecule has 0 saturated heterocycles. The van der Waals surface area contributed by atoms with E-state index >= 15 is 0 Å². The van der Waals surface area contributed by atoms with Crippen molar-refractivity contribution in [3.05, 3.63) is 16.2 Å². The second-order valence-corrected chi connectivity index (χ2v) is 8.08. The maximum absolute atomic E-state index is 6.03. The molecule has 3 heterocycles. The molecule has 9 heteroatoms. The summed E-state index contributed by atoms with van der Waals surface area (Å²) in [6, 6.07) is 2.13. The van der Waals surface area contributed by atoms with E-state index in [1.807, 2.05) is 19.0 Å². The molecule has 110 valence electrons. The minimum Gasteiger partial charge on any atom is -0.353 e. The van der Waals surface area contributed by atoms with Crippen molar-refractivity contribution in [1.82, 2.24) is 20.2 Å². The molecule has 3 aromatic heterocycles. The Labute approximate surface area is 139 Å². The van der Waals surface area contributed by atoms with Crippen molar-refractivity contribution in [3.8, 4) is 0 Å². The van der Waals surface area contributed by atoms with E-state index in [0.29, 0.717) is 0 Å². The van der Waals surface area contributed by atoms with Crippen LogP contribution < -0.4 is 4.90 Å². The summed E-state index contributed by atoms with van der Waals surface area (Å²) < 4.78 is 0.846. The topological polar surface area (TPSA) is 54.8 Å². The van der Waals surface area contributed by atoms with Crippen LogP contribution in [0.2, 0.25) is 5.28 Å². The summed E-state index contributed by atoms with van der Waals surface area (Å²) in [5.74, 6) is 0. The SMILES string of the molecule is CCc1cc2c(Sc3nnc(N(C)C)s3)nc(Cl)nc2s1. The van der Waals surface area contributed by atoms with Crippen molar-refractivity contribution in [1.29, 1.82) is 0 Å². The van der Waals surface area contributed by atoms with Gasteiger partial charge in [0.25, 0.3) is 0 Å². The first kappa shape index (κ1) is 15.0. The Morgan fingerprint density at radius 3 is 2.71 bits per heavy atom. The molecular weight excluding hydrogens is 346 g/mol. The van der Waals surface area contributed by atoms with Gasteiger partial charge < -0.3 is 4.90 Å². The Bertz CT molecular complexity index is 782. The maximum Gasteiger partial charge on any atom is 0.224 e. The molecule has 0 aliphatic heterocycles. The fourth-order valence-corrected chi connectivity index (χ4v) is 4.75.